The number of rotatable bonds is 4. The molecular formula is C11H14N2O3. The summed E-state index contributed by atoms with van der Waals surface area (Å²) in [7, 11) is 0. The van der Waals surface area contributed by atoms with Crippen molar-refractivity contribution in [1.82, 2.24) is 10.3 Å². The first-order valence-corrected chi connectivity index (χ1v) is 4.89. The molecule has 1 amide bonds. The first-order chi connectivity index (χ1) is 7.58. The first kappa shape index (κ1) is 12.2. The molecular weight excluding hydrogens is 208 g/mol. The molecule has 0 atom stereocenters. The van der Waals surface area contributed by atoms with Crippen LogP contribution < -0.4 is 5.32 Å². The number of esters is 1. The number of nitrogens with zero attached hydrogens (tertiary/aromatic N) is 1. The fraction of sp³-hybridized carbons (Fsp3) is 0.364. The Morgan fingerprint density at radius 3 is 2.62 bits per heavy atom. The summed E-state index contributed by atoms with van der Waals surface area (Å²) in [6.45, 7) is 3.44. The molecule has 1 rings (SSSR count). The Kier molecular flexibility index (Phi) is 4.44. The number of hydrogen-bond acceptors (Lipinski definition) is 4. The lowest BCUT2D eigenvalue weighted by atomic mass is 10.2. The molecule has 1 aromatic rings. The van der Waals surface area contributed by atoms with Crippen LogP contribution in [-0.2, 0) is 27.5 Å². The standard InChI is InChI=1S/C11H14N2O3/c1-8(14)12-5-10-3-4-11(13-6-10)7-16-9(2)15/h3-4,6H,5,7H2,1-2H3,(H,12,14). The van der Waals surface area contributed by atoms with Crippen molar-refractivity contribution < 1.29 is 14.3 Å². The predicted octanol–water partition coefficient (Wildman–Crippen LogP) is 0.781. The van der Waals surface area contributed by atoms with Crippen LogP contribution in [0.3, 0.4) is 0 Å². The number of nitrogens with one attached hydrogen (secondary N) is 1. The number of carbonyl (C=O) groups is 2. The minimum atomic E-state index is -0.330. The van der Waals surface area contributed by atoms with Crippen LogP contribution in [0, 0.1) is 0 Å². The zero-order chi connectivity index (χ0) is 12.0. The summed E-state index contributed by atoms with van der Waals surface area (Å²) in [6, 6.07) is 3.60. The molecule has 1 heterocycles. The molecule has 0 saturated heterocycles. The summed E-state index contributed by atoms with van der Waals surface area (Å²) in [5.41, 5.74) is 1.59. The van der Waals surface area contributed by atoms with Gasteiger partial charge >= 0.3 is 5.97 Å². The fourth-order valence-electron chi connectivity index (χ4n) is 1.05. The van der Waals surface area contributed by atoms with Crippen LogP contribution in [0.15, 0.2) is 18.3 Å². The smallest absolute Gasteiger partial charge is 0.303 e. The molecule has 0 aliphatic heterocycles. The van der Waals surface area contributed by atoms with Crippen molar-refractivity contribution in [3.63, 3.8) is 0 Å². The topological polar surface area (TPSA) is 68.3 Å². The van der Waals surface area contributed by atoms with Crippen molar-refractivity contribution in [1.29, 1.82) is 0 Å². The average Bonchev–Trinajstić information content (AvgIpc) is 2.25. The molecule has 0 radical (unpaired) electrons. The highest BCUT2D eigenvalue weighted by Crippen LogP contribution is 2.01. The van der Waals surface area contributed by atoms with Crippen LogP contribution in [0.5, 0.6) is 0 Å². The van der Waals surface area contributed by atoms with Gasteiger partial charge in [-0.3, -0.25) is 14.6 Å². The lowest BCUT2D eigenvalue weighted by Crippen LogP contribution is -2.19. The Morgan fingerprint density at radius 1 is 1.38 bits per heavy atom. The zero-order valence-electron chi connectivity index (χ0n) is 9.32. The summed E-state index contributed by atoms with van der Waals surface area (Å²) in [5, 5.41) is 2.67. The number of pyridine rings is 1. The summed E-state index contributed by atoms with van der Waals surface area (Å²) >= 11 is 0. The van der Waals surface area contributed by atoms with E-state index in [1.54, 1.807) is 12.3 Å². The van der Waals surface area contributed by atoms with Crippen molar-refractivity contribution >= 4 is 11.9 Å². The molecule has 0 saturated carbocycles. The Labute approximate surface area is 93.8 Å². The highest BCUT2D eigenvalue weighted by Gasteiger charge is 1.99. The molecule has 0 aliphatic rings. The second-order valence-corrected chi connectivity index (χ2v) is 3.35. The van der Waals surface area contributed by atoms with Crippen molar-refractivity contribution in [3.8, 4) is 0 Å². The number of hydrogen-bond donors (Lipinski definition) is 1. The number of aromatic nitrogens is 1. The van der Waals surface area contributed by atoms with Gasteiger partial charge in [-0.1, -0.05) is 6.07 Å². The number of amides is 1. The summed E-state index contributed by atoms with van der Waals surface area (Å²) in [5.74, 6) is -0.409. The Bertz CT molecular complexity index is 336. The van der Waals surface area contributed by atoms with E-state index < -0.39 is 0 Å². The summed E-state index contributed by atoms with van der Waals surface area (Å²) in [4.78, 5) is 25.3. The van der Waals surface area contributed by atoms with E-state index in [1.165, 1.54) is 13.8 Å². The highest BCUT2D eigenvalue weighted by atomic mass is 16.5. The molecule has 16 heavy (non-hydrogen) atoms. The molecule has 0 fully saturated rings. The van der Waals surface area contributed by atoms with Crippen molar-refractivity contribution in [2.24, 2.45) is 0 Å². The van der Waals surface area contributed by atoms with Gasteiger partial charge in [0.15, 0.2) is 0 Å². The van der Waals surface area contributed by atoms with Crippen LogP contribution in [-0.4, -0.2) is 16.9 Å². The highest BCUT2D eigenvalue weighted by molar-refractivity contribution is 5.72. The normalized spacial score (nSPS) is 9.62. The SMILES string of the molecule is CC(=O)NCc1ccc(COC(C)=O)nc1. The largest absolute Gasteiger partial charge is 0.459 e. The van der Waals surface area contributed by atoms with E-state index in [1.807, 2.05) is 6.07 Å². The third kappa shape index (κ3) is 4.54. The van der Waals surface area contributed by atoms with Crippen molar-refractivity contribution in [2.45, 2.75) is 27.0 Å². The summed E-state index contributed by atoms with van der Waals surface area (Å²) in [6.07, 6.45) is 1.65. The van der Waals surface area contributed by atoms with E-state index in [0.717, 1.165) is 5.56 Å². The van der Waals surface area contributed by atoms with Crippen LogP contribution in [0.4, 0.5) is 0 Å². The van der Waals surface area contributed by atoms with E-state index in [4.69, 9.17) is 4.74 Å². The minimum absolute atomic E-state index is 0.0796. The van der Waals surface area contributed by atoms with E-state index in [-0.39, 0.29) is 18.5 Å². The fourth-order valence-corrected chi connectivity index (χ4v) is 1.05. The molecule has 1 N–H and O–H groups in total. The maximum Gasteiger partial charge on any atom is 0.303 e. The molecule has 5 nitrogen and oxygen atoms in total. The molecule has 5 heteroatoms. The van der Waals surface area contributed by atoms with E-state index in [0.29, 0.717) is 12.2 Å². The van der Waals surface area contributed by atoms with Gasteiger partial charge < -0.3 is 10.1 Å². The zero-order valence-corrected chi connectivity index (χ0v) is 9.32. The third-order valence-electron chi connectivity index (χ3n) is 1.85. The van der Waals surface area contributed by atoms with Gasteiger partial charge in [0.1, 0.15) is 6.61 Å². The monoisotopic (exact) mass is 222 g/mol. The van der Waals surface area contributed by atoms with Crippen LogP contribution in [0.25, 0.3) is 0 Å². The van der Waals surface area contributed by atoms with Gasteiger partial charge in [0.25, 0.3) is 0 Å². The minimum Gasteiger partial charge on any atom is -0.459 e. The second-order valence-electron chi connectivity index (χ2n) is 3.35. The van der Waals surface area contributed by atoms with Crippen LogP contribution >= 0.6 is 0 Å². The van der Waals surface area contributed by atoms with Crippen LogP contribution in [0.1, 0.15) is 25.1 Å². The maximum absolute atomic E-state index is 10.7. The molecule has 0 unspecified atom stereocenters. The van der Waals surface area contributed by atoms with Gasteiger partial charge in [-0.05, 0) is 11.6 Å². The summed E-state index contributed by atoms with van der Waals surface area (Å²) < 4.78 is 4.79. The Balaban J connectivity index is 2.47. The van der Waals surface area contributed by atoms with E-state index >= 15 is 0 Å². The quantitative estimate of drug-likeness (QED) is 0.764. The molecule has 0 spiro atoms. The van der Waals surface area contributed by atoms with Crippen molar-refractivity contribution in [2.75, 3.05) is 0 Å². The van der Waals surface area contributed by atoms with Crippen molar-refractivity contribution in [3.05, 3.63) is 29.6 Å². The number of ether oxygens (including phenoxy) is 1. The Hall–Kier alpha value is -1.91. The lowest BCUT2D eigenvalue weighted by Gasteiger charge is -2.04. The van der Waals surface area contributed by atoms with E-state index in [2.05, 4.69) is 10.3 Å². The molecule has 0 aromatic carbocycles. The average molecular weight is 222 g/mol. The Morgan fingerprint density at radius 2 is 2.12 bits per heavy atom. The second kappa shape index (κ2) is 5.85. The van der Waals surface area contributed by atoms with Gasteiger partial charge in [0.2, 0.25) is 5.91 Å². The predicted molar refractivity (Wildman–Crippen MR) is 57.2 cm³/mol. The molecule has 86 valence electrons. The van der Waals surface area contributed by atoms with Gasteiger partial charge in [-0.15, -0.1) is 0 Å². The van der Waals surface area contributed by atoms with Gasteiger partial charge in [-0.2, -0.15) is 0 Å². The maximum atomic E-state index is 10.7. The van der Waals surface area contributed by atoms with Crippen LogP contribution in [0.2, 0.25) is 0 Å². The van der Waals surface area contributed by atoms with Gasteiger partial charge in [0.05, 0.1) is 5.69 Å². The molecule has 0 bridgehead atoms. The third-order valence-corrected chi connectivity index (χ3v) is 1.85. The van der Waals surface area contributed by atoms with Gasteiger partial charge in [0, 0.05) is 26.6 Å². The molecule has 1 aromatic heterocycles. The number of carbonyl (C=O) groups excluding carboxylic acids is 2. The first-order valence-electron chi connectivity index (χ1n) is 4.89. The molecule has 0 aliphatic carbocycles. The lowest BCUT2D eigenvalue weighted by molar-refractivity contribution is -0.142. The van der Waals surface area contributed by atoms with E-state index in [9.17, 15) is 9.59 Å². The van der Waals surface area contributed by atoms with Gasteiger partial charge in [-0.25, -0.2) is 0 Å².